The smallest absolute Gasteiger partial charge is 0.256 e. The Hall–Kier alpha value is -3.16. The van der Waals surface area contributed by atoms with Gasteiger partial charge in [0.05, 0.1) is 36.2 Å². The van der Waals surface area contributed by atoms with Gasteiger partial charge in [-0.1, -0.05) is 13.8 Å². The highest BCUT2D eigenvalue weighted by atomic mass is 19.3. The van der Waals surface area contributed by atoms with Crippen LogP contribution in [-0.2, 0) is 6.54 Å². The fourth-order valence-corrected chi connectivity index (χ4v) is 2.87. The summed E-state index contributed by atoms with van der Waals surface area (Å²) >= 11 is 0. The Morgan fingerprint density at radius 2 is 1.71 bits per heavy atom. The number of rotatable bonds is 4. The van der Waals surface area contributed by atoms with Crippen LogP contribution in [0.5, 0.6) is 0 Å². The summed E-state index contributed by atoms with van der Waals surface area (Å²) in [5.41, 5.74) is 3.51. The zero-order valence-electron chi connectivity index (χ0n) is 15.8. The van der Waals surface area contributed by atoms with Crippen molar-refractivity contribution in [3.63, 3.8) is 0 Å². The minimum Gasteiger partial charge on any atom is -0.323 e. The summed E-state index contributed by atoms with van der Waals surface area (Å²) in [6.45, 7) is 5.35. The van der Waals surface area contributed by atoms with E-state index in [1.54, 1.807) is 35.0 Å². The van der Waals surface area contributed by atoms with Crippen molar-refractivity contribution >= 4 is 5.65 Å². The fourth-order valence-electron chi connectivity index (χ4n) is 2.87. The van der Waals surface area contributed by atoms with Gasteiger partial charge in [0, 0.05) is 5.56 Å². The summed E-state index contributed by atoms with van der Waals surface area (Å²) < 4.78 is 42.3. The van der Waals surface area contributed by atoms with Gasteiger partial charge in [-0.15, -0.1) is 0 Å². The van der Waals surface area contributed by atoms with E-state index in [4.69, 9.17) is 0 Å². The molecule has 146 valence electrons. The second-order valence-electron chi connectivity index (χ2n) is 5.88. The number of aromatic nitrogens is 5. The van der Waals surface area contributed by atoms with Crippen LogP contribution < -0.4 is 0 Å². The highest BCUT2D eigenvalue weighted by Crippen LogP contribution is 2.31. The SMILES string of the molecule is CC.Cc1cnc2ccc(-c3c(-c4ccc(F)cc4)ncn3CC(F)F)nn12. The zero-order valence-corrected chi connectivity index (χ0v) is 15.8. The van der Waals surface area contributed by atoms with Gasteiger partial charge in [-0.2, -0.15) is 5.10 Å². The van der Waals surface area contributed by atoms with Crippen LogP contribution in [0.2, 0.25) is 0 Å². The Bertz CT molecular complexity index is 1070. The molecule has 4 aromatic rings. The van der Waals surface area contributed by atoms with Gasteiger partial charge in [-0.05, 0) is 43.3 Å². The molecule has 0 saturated carbocycles. The van der Waals surface area contributed by atoms with Crippen LogP contribution in [0, 0.1) is 12.7 Å². The normalized spacial score (nSPS) is 11.0. The van der Waals surface area contributed by atoms with Crippen molar-refractivity contribution < 1.29 is 13.2 Å². The van der Waals surface area contributed by atoms with Crippen molar-refractivity contribution in [3.05, 3.63) is 60.4 Å². The molecule has 4 rings (SSSR count). The molecule has 0 saturated heterocycles. The maximum atomic E-state index is 13.2. The van der Waals surface area contributed by atoms with Crippen molar-refractivity contribution in [3.8, 4) is 22.6 Å². The van der Waals surface area contributed by atoms with Crippen LogP contribution in [0.1, 0.15) is 19.5 Å². The maximum absolute atomic E-state index is 13.2. The van der Waals surface area contributed by atoms with E-state index in [0.717, 1.165) is 5.69 Å². The first kappa shape index (κ1) is 19.6. The fraction of sp³-hybridized carbons (Fsp3) is 0.250. The number of hydrogen-bond donors (Lipinski definition) is 0. The first-order chi connectivity index (χ1) is 13.5. The van der Waals surface area contributed by atoms with Crippen LogP contribution >= 0.6 is 0 Å². The molecule has 0 unspecified atom stereocenters. The summed E-state index contributed by atoms with van der Waals surface area (Å²) in [6.07, 6.45) is 0.499. The Balaban J connectivity index is 0.00000109. The maximum Gasteiger partial charge on any atom is 0.256 e. The topological polar surface area (TPSA) is 48.0 Å². The van der Waals surface area contributed by atoms with Crippen LogP contribution in [0.15, 0.2) is 48.9 Å². The molecule has 0 aliphatic heterocycles. The molecule has 0 bridgehead atoms. The van der Waals surface area contributed by atoms with E-state index in [0.29, 0.717) is 28.3 Å². The largest absolute Gasteiger partial charge is 0.323 e. The molecule has 0 atom stereocenters. The predicted octanol–water partition coefficient (Wildman–Crippen LogP) is 5.00. The zero-order chi connectivity index (χ0) is 20.3. The summed E-state index contributed by atoms with van der Waals surface area (Å²) in [7, 11) is 0. The highest BCUT2D eigenvalue weighted by Gasteiger charge is 2.19. The summed E-state index contributed by atoms with van der Waals surface area (Å²) in [4.78, 5) is 8.50. The van der Waals surface area contributed by atoms with Gasteiger partial charge >= 0.3 is 0 Å². The van der Waals surface area contributed by atoms with Gasteiger partial charge < -0.3 is 4.57 Å². The van der Waals surface area contributed by atoms with E-state index in [-0.39, 0.29) is 5.82 Å². The quantitative estimate of drug-likeness (QED) is 0.495. The molecule has 0 N–H and O–H groups in total. The number of fused-ring (bicyclic) bond motifs is 1. The molecule has 8 heteroatoms. The van der Waals surface area contributed by atoms with Crippen molar-refractivity contribution in [1.29, 1.82) is 0 Å². The van der Waals surface area contributed by atoms with Crippen LogP contribution in [-0.4, -0.2) is 30.6 Å². The molecule has 1 aromatic carbocycles. The van der Waals surface area contributed by atoms with E-state index in [9.17, 15) is 13.2 Å². The van der Waals surface area contributed by atoms with Crippen molar-refractivity contribution in [2.75, 3.05) is 0 Å². The highest BCUT2D eigenvalue weighted by molar-refractivity contribution is 5.77. The van der Waals surface area contributed by atoms with E-state index in [2.05, 4.69) is 15.1 Å². The van der Waals surface area contributed by atoms with Crippen LogP contribution in [0.3, 0.4) is 0 Å². The lowest BCUT2D eigenvalue weighted by Crippen LogP contribution is -2.08. The van der Waals surface area contributed by atoms with Crippen molar-refractivity contribution in [2.45, 2.75) is 33.7 Å². The predicted molar refractivity (Wildman–Crippen MR) is 102 cm³/mol. The van der Waals surface area contributed by atoms with E-state index in [1.165, 1.54) is 23.0 Å². The average Bonchev–Trinajstić information content (AvgIpc) is 3.27. The molecule has 0 amide bonds. The second-order valence-corrected chi connectivity index (χ2v) is 5.88. The van der Waals surface area contributed by atoms with Gasteiger partial charge in [0.15, 0.2) is 5.65 Å². The number of halogens is 3. The molecule has 0 aliphatic rings. The number of nitrogens with zero attached hydrogens (tertiary/aromatic N) is 5. The van der Waals surface area contributed by atoms with Crippen LogP contribution in [0.4, 0.5) is 13.2 Å². The van der Waals surface area contributed by atoms with E-state index < -0.39 is 13.0 Å². The van der Waals surface area contributed by atoms with E-state index in [1.807, 2.05) is 20.8 Å². The van der Waals surface area contributed by atoms with Crippen molar-refractivity contribution in [1.82, 2.24) is 24.1 Å². The van der Waals surface area contributed by atoms with Gasteiger partial charge in [0.25, 0.3) is 6.43 Å². The first-order valence-electron chi connectivity index (χ1n) is 8.94. The molecule has 0 spiro atoms. The third-order valence-corrected chi connectivity index (χ3v) is 4.07. The molecular weight excluding hydrogens is 367 g/mol. The molecule has 3 aromatic heterocycles. The van der Waals surface area contributed by atoms with Crippen LogP contribution in [0.25, 0.3) is 28.3 Å². The molecule has 0 aliphatic carbocycles. The number of alkyl halides is 2. The number of imidazole rings is 2. The average molecular weight is 387 g/mol. The molecule has 28 heavy (non-hydrogen) atoms. The van der Waals surface area contributed by atoms with E-state index >= 15 is 0 Å². The number of hydrogen-bond acceptors (Lipinski definition) is 3. The third kappa shape index (κ3) is 3.76. The number of benzene rings is 1. The lowest BCUT2D eigenvalue weighted by atomic mass is 10.1. The third-order valence-electron chi connectivity index (χ3n) is 4.07. The Morgan fingerprint density at radius 3 is 2.39 bits per heavy atom. The van der Waals surface area contributed by atoms with Gasteiger partial charge in [-0.25, -0.2) is 27.7 Å². The molecule has 0 radical (unpaired) electrons. The Kier molecular flexibility index (Phi) is 5.77. The summed E-state index contributed by atoms with van der Waals surface area (Å²) in [5, 5.41) is 4.52. The Morgan fingerprint density at radius 1 is 1.00 bits per heavy atom. The second kappa shape index (κ2) is 8.24. The minimum atomic E-state index is -2.54. The lowest BCUT2D eigenvalue weighted by molar-refractivity contribution is 0.127. The monoisotopic (exact) mass is 387 g/mol. The van der Waals surface area contributed by atoms with Gasteiger partial charge in [-0.3, -0.25) is 0 Å². The lowest BCUT2D eigenvalue weighted by Gasteiger charge is -2.10. The van der Waals surface area contributed by atoms with Gasteiger partial charge in [0.1, 0.15) is 11.5 Å². The Labute approximate surface area is 160 Å². The summed E-state index contributed by atoms with van der Waals surface area (Å²) in [5.74, 6) is -0.379. The molecular formula is C20H20F3N5. The molecule has 0 fully saturated rings. The molecule has 3 heterocycles. The minimum absolute atomic E-state index is 0.379. The summed E-state index contributed by atoms with van der Waals surface area (Å²) in [6, 6.07) is 9.23. The molecule has 5 nitrogen and oxygen atoms in total. The van der Waals surface area contributed by atoms with Gasteiger partial charge in [0.2, 0.25) is 0 Å². The van der Waals surface area contributed by atoms with Crippen molar-refractivity contribution in [2.24, 2.45) is 0 Å². The first-order valence-corrected chi connectivity index (χ1v) is 8.94. The standard InChI is InChI=1S/C18H14F3N5.C2H6/c1-11-8-22-16-7-6-14(24-26(11)16)18-17(12-2-4-13(19)5-3-12)23-10-25(18)9-15(20)21;1-2/h2-8,10,15H,9H2,1H3;1-2H3. The number of aryl methyl sites for hydroxylation is 1.